The minimum absolute atomic E-state index is 0.0474. The zero-order valence-electron chi connectivity index (χ0n) is 18.0. The second-order valence-corrected chi connectivity index (χ2v) is 9.45. The van der Waals surface area contributed by atoms with Crippen molar-refractivity contribution in [3.8, 4) is 0 Å². The summed E-state index contributed by atoms with van der Waals surface area (Å²) in [5.41, 5.74) is 7.54. The third kappa shape index (κ3) is 2.98. The minimum Gasteiger partial charge on any atom is -0.378 e. The van der Waals surface area contributed by atoms with Crippen molar-refractivity contribution in [2.75, 3.05) is 24.3 Å². The maximum absolute atomic E-state index is 13.4. The number of hydrogen-bond acceptors (Lipinski definition) is 4. The number of fused-ring (bicyclic) bond motifs is 4. The number of Topliss-reactive ketones (excluding diaryl/α,β-unsaturated/α-hetero) is 1. The molecule has 2 heterocycles. The van der Waals surface area contributed by atoms with Crippen molar-refractivity contribution in [3.63, 3.8) is 0 Å². The van der Waals surface area contributed by atoms with Crippen LogP contribution in [0.25, 0.3) is 16.5 Å². The molecule has 1 aliphatic heterocycles. The molecule has 0 saturated heterocycles. The van der Waals surface area contributed by atoms with Crippen LogP contribution in [0.15, 0.2) is 60.3 Å². The molecule has 5 rings (SSSR count). The molecule has 0 fully saturated rings. The molecule has 2 aromatic carbocycles. The molecule has 0 saturated carbocycles. The predicted octanol–water partition coefficient (Wildman–Crippen LogP) is 5.61. The summed E-state index contributed by atoms with van der Waals surface area (Å²) in [5.74, 6) is 0.252. The van der Waals surface area contributed by atoms with E-state index in [9.17, 15) is 4.79 Å². The summed E-state index contributed by atoms with van der Waals surface area (Å²) >= 11 is 0. The van der Waals surface area contributed by atoms with Crippen LogP contribution < -0.4 is 10.2 Å². The third-order valence-corrected chi connectivity index (χ3v) is 6.34. The van der Waals surface area contributed by atoms with E-state index in [1.165, 1.54) is 5.57 Å². The number of allylic oxidation sites excluding steroid dienone is 1. The molecule has 4 nitrogen and oxygen atoms in total. The molecular weight excluding hydrogens is 370 g/mol. The largest absolute Gasteiger partial charge is 0.378 e. The Hall–Kier alpha value is -3.14. The summed E-state index contributed by atoms with van der Waals surface area (Å²) < 4.78 is 0. The van der Waals surface area contributed by atoms with Gasteiger partial charge in [-0.15, -0.1) is 0 Å². The Morgan fingerprint density at radius 3 is 2.53 bits per heavy atom. The maximum atomic E-state index is 13.4. The molecule has 3 aromatic rings. The standard InChI is InChI=1S/C26H27N3O/c1-26(2)14-19-23-18-6-5-13-27-20(18)11-12-21(23)28-25(24(19)22(30)15-26)16-7-9-17(10-8-16)29(3)4/h5-13,25,28H,14-15H2,1-4H3. The molecular formula is C26H27N3O. The normalized spacial score (nSPS) is 19.9. The summed E-state index contributed by atoms with van der Waals surface area (Å²) in [5, 5.41) is 4.80. The summed E-state index contributed by atoms with van der Waals surface area (Å²) in [4.78, 5) is 20.1. The Morgan fingerprint density at radius 2 is 1.80 bits per heavy atom. The first-order valence-electron chi connectivity index (χ1n) is 10.5. The van der Waals surface area contributed by atoms with Crippen LogP contribution in [0.4, 0.5) is 11.4 Å². The fraction of sp³-hybridized carbons (Fsp3) is 0.308. The summed E-state index contributed by atoms with van der Waals surface area (Å²) in [6, 6.07) is 16.7. The highest BCUT2D eigenvalue weighted by atomic mass is 16.1. The molecule has 1 aromatic heterocycles. The Kier molecular flexibility index (Phi) is 4.21. The van der Waals surface area contributed by atoms with Gasteiger partial charge in [0.15, 0.2) is 5.78 Å². The van der Waals surface area contributed by atoms with Crippen LogP contribution >= 0.6 is 0 Å². The van der Waals surface area contributed by atoms with Gasteiger partial charge in [-0.05, 0) is 53.3 Å². The van der Waals surface area contributed by atoms with E-state index in [1.54, 1.807) is 0 Å². The number of carbonyl (C=O) groups is 1. The van der Waals surface area contributed by atoms with E-state index in [4.69, 9.17) is 0 Å². The fourth-order valence-corrected chi connectivity index (χ4v) is 4.93. The molecule has 30 heavy (non-hydrogen) atoms. The lowest BCUT2D eigenvalue weighted by Gasteiger charge is -2.40. The molecule has 2 aliphatic rings. The smallest absolute Gasteiger partial charge is 0.162 e. The Labute approximate surface area is 177 Å². The molecule has 0 amide bonds. The van der Waals surface area contributed by atoms with Crippen molar-refractivity contribution in [1.82, 2.24) is 4.98 Å². The number of anilines is 2. The van der Waals surface area contributed by atoms with Crippen molar-refractivity contribution >= 4 is 33.6 Å². The number of aromatic nitrogens is 1. The number of ketones is 1. The van der Waals surface area contributed by atoms with Crippen LogP contribution in [0.5, 0.6) is 0 Å². The highest BCUT2D eigenvalue weighted by Gasteiger charge is 2.40. The Bertz CT molecular complexity index is 1190. The zero-order valence-corrected chi connectivity index (χ0v) is 18.0. The van der Waals surface area contributed by atoms with Gasteiger partial charge < -0.3 is 10.2 Å². The highest BCUT2D eigenvalue weighted by Crippen LogP contribution is 2.51. The topological polar surface area (TPSA) is 45.2 Å². The molecule has 0 radical (unpaired) electrons. The van der Waals surface area contributed by atoms with Gasteiger partial charge in [-0.25, -0.2) is 0 Å². The lowest BCUT2D eigenvalue weighted by molar-refractivity contribution is -0.118. The van der Waals surface area contributed by atoms with Crippen LogP contribution in [0.1, 0.15) is 43.9 Å². The first-order valence-corrected chi connectivity index (χ1v) is 10.5. The number of rotatable bonds is 2. The quantitative estimate of drug-likeness (QED) is 0.610. The van der Waals surface area contributed by atoms with Gasteiger partial charge in [0.25, 0.3) is 0 Å². The van der Waals surface area contributed by atoms with Crippen molar-refractivity contribution in [3.05, 3.63) is 71.4 Å². The van der Waals surface area contributed by atoms with Crippen molar-refractivity contribution in [2.24, 2.45) is 5.41 Å². The molecule has 0 bridgehead atoms. The average molecular weight is 398 g/mol. The molecule has 152 valence electrons. The first kappa shape index (κ1) is 18.9. The zero-order chi connectivity index (χ0) is 21.0. The first-order chi connectivity index (χ1) is 14.3. The second kappa shape index (κ2) is 6.69. The Balaban J connectivity index is 1.73. The van der Waals surface area contributed by atoms with Crippen molar-refractivity contribution < 1.29 is 4.79 Å². The lowest BCUT2D eigenvalue weighted by Crippen LogP contribution is -2.33. The van der Waals surface area contributed by atoms with Gasteiger partial charge in [0.05, 0.1) is 11.6 Å². The van der Waals surface area contributed by atoms with Gasteiger partial charge in [-0.1, -0.05) is 32.0 Å². The third-order valence-electron chi connectivity index (χ3n) is 6.34. The van der Waals surface area contributed by atoms with Crippen LogP contribution in [-0.4, -0.2) is 24.9 Å². The molecule has 0 spiro atoms. The average Bonchev–Trinajstić information content (AvgIpc) is 2.72. The molecule has 1 unspecified atom stereocenters. The lowest BCUT2D eigenvalue weighted by atomic mass is 9.68. The number of nitrogens with zero attached hydrogens (tertiary/aromatic N) is 2. The second-order valence-electron chi connectivity index (χ2n) is 9.45. The summed E-state index contributed by atoms with van der Waals surface area (Å²) in [6.45, 7) is 4.39. The van der Waals surface area contributed by atoms with E-state index in [0.29, 0.717) is 6.42 Å². The number of nitrogens with one attached hydrogen (secondary N) is 1. The minimum atomic E-state index is -0.124. The SMILES string of the molecule is CN(C)c1ccc(C2Nc3ccc4ncccc4c3C3=C2C(=O)CC(C)(C)C3)cc1. The molecule has 1 aliphatic carbocycles. The van der Waals surface area contributed by atoms with Gasteiger partial charge in [0, 0.05) is 54.6 Å². The number of carbonyl (C=O) groups excluding carboxylic acids is 1. The van der Waals surface area contributed by atoms with E-state index in [1.807, 2.05) is 26.4 Å². The van der Waals surface area contributed by atoms with Crippen molar-refractivity contribution in [1.29, 1.82) is 0 Å². The summed E-state index contributed by atoms with van der Waals surface area (Å²) in [7, 11) is 4.08. The van der Waals surface area contributed by atoms with Crippen LogP contribution in [0.2, 0.25) is 0 Å². The molecule has 1 N–H and O–H groups in total. The van der Waals surface area contributed by atoms with Crippen LogP contribution in [-0.2, 0) is 4.79 Å². The molecule has 1 atom stereocenters. The van der Waals surface area contributed by atoms with E-state index in [2.05, 4.69) is 71.5 Å². The van der Waals surface area contributed by atoms with Crippen LogP contribution in [0, 0.1) is 5.41 Å². The van der Waals surface area contributed by atoms with Gasteiger partial charge in [0.2, 0.25) is 0 Å². The predicted molar refractivity (Wildman–Crippen MR) is 124 cm³/mol. The summed E-state index contributed by atoms with van der Waals surface area (Å²) in [6.07, 6.45) is 3.30. The van der Waals surface area contributed by atoms with E-state index in [0.717, 1.165) is 45.4 Å². The fourth-order valence-electron chi connectivity index (χ4n) is 4.93. The molecule has 4 heteroatoms. The van der Waals surface area contributed by atoms with Crippen LogP contribution in [0.3, 0.4) is 0 Å². The maximum Gasteiger partial charge on any atom is 0.162 e. The van der Waals surface area contributed by atoms with E-state index < -0.39 is 0 Å². The number of hydrogen-bond donors (Lipinski definition) is 1. The van der Waals surface area contributed by atoms with Gasteiger partial charge in [-0.2, -0.15) is 0 Å². The van der Waals surface area contributed by atoms with Gasteiger partial charge in [-0.3, -0.25) is 9.78 Å². The van der Waals surface area contributed by atoms with Crippen molar-refractivity contribution in [2.45, 2.75) is 32.7 Å². The van der Waals surface area contributed by atoms with E-state index in [-0.39, 0.29) is 17.2 Å². The van der Waals surface area contributed by atoms with Gasteiger partial charge >= 0.3 is 0 Å². The number of benzene rings is 2. The monoisotopic (exact) mass is 397 g/mol. The number of pyridine rings is 1. The highest BCUT2D eigenvalue weighted by molar-refractivity contribution is 6.12. The van der Waals surface area contributed by atoms with E-state index >= 15 is 0 Å². The van der Waals surface area contributed by atoms with Gasteiger partial charge in [0.1, 0.15) is 0 Å². The Morgan fingerprint density at radius 1 is 1.03 bits per heavy atom.